The molecule has 2 heterocycles. The fourth-order valence-corrected chi connectivity index (χ4v) is 3.06. The number of hydrogen-bond acceptors (Lipinski definition) is 3. The van der Waals surface area contributed by atoms with E-state index in [1.807, 2.05) is 18.7 Å². The van der Waals surface area contributed by atoms with Crippen LogP contribution in [0, 0.1) is 0 Å². The lowest BCUT2D eigenvalue weighted by Gasteiger charge is -2.32. The summed E-state index contributed by atoms with van der Waals surface area (Å²) in [7, 11) is 1.68. The third-order valence-electron chi connectivity index (χ3n) is 4.20. The molecular formula is C16H26N4O2. The van der Waals surface area contributed by atoms with E-state index in [-0.39, 0.29) is 23.6 Å². The molecule has 2 rings (SSSR count). The number of amides is 1. The predicted octanol–water partition coefficient (Wildman–Crippen LogP) is 1.83. The molecule has 1 unspecified atom stereocenters. The molecule has 1 aliphatic rings. The van der Waals surface area contributed by atoms with Gasteiger partial charge in [0, 0.05) is 38.5 Å². The molecule has 6 nitrogen and oxygen atoms in total. The number of carbonyl (C=O) groups is 1. The van der Waals surface area contributed by atoms with Crippen molar-refractivity contribution in [1.29, 1.82) is 0 Å². The van der Waals surface area contributed by atoms with E-state index in [2.05, 4.69) is 11.7 Å². The Kier molecular flexibility index (Phi) is 5.21. The van der Waals surface area contributed by atoms with Gasteiger partial charge in [0.1, 0.15) is 5.82 Å². The van der Waals surface area contributed by atoms with E-state index in [1.165, 1.54) is 4.68 Å². The molecule has 1 aromatic rings. The van der Waals surface area contributed by atoms with Gasteiger partial charge < -0.3 is 4.90 Å². The Balaban J connectivity index is 2.19. The first kappa shape index (κ1) is 16.5. The zero-order valence-electron chi connectivity index (χ0n) is 13.8. The minimum atomic E-state index is -0.0832. The van der Waals surface area contributed by atoms with Gasteiger partial charge in [0.05, 0.1) is 0 Å². The highest BCUT2D eigenvalue weighted by atomic mass is 16.2. The van der Waals surface area contributed by atoms with Gasteiger partial charge in [-0.2, -0.15) is 5.10 Å². The summed E-state index contributed by atoms with van der Waals surface area (Å²) in [4.78, 5) is 26.3. The first-order chi connectivity index (χ1) is 10.5. The van der Waals surface area contributed by atoms with E-state index in [0.29, 0.717) is 19.4 Å². The van der Waals surface area contributed by atoms with Gasteiger partial charge in [-0.15, -0.1) is 6.58 Å². The number of carbonyl (C=O) groups excluding carboxylic acids is 1. The number of hydrogen-bond donors (Lipinski definition) is 0. The molecule has 1 amide bonds. The zero-order chi connectivity index (χ0) is 16.3. The second kappa shape index (κ2) is 6.94. The standard InChI is InChI=1S/C16H26N4O2/c1-5-6-9-14(21)19-10-7-8-13(11-19)15-17-18(4)16(22)20(15)12(2)3/h5,12-13H,1,6-11H2,2-4H3. The van der Waals surface area contributed by atoms with Crippen LogP contribution < -0.4 is 5.69 Å². The quantitative estimate of drug-likeness (QED) is 0.780. The van der Waals surface area contributed by atoms with Crippen molar-refractivity contribution in [3.63, 3.8) is 0 Å². The molecule has 0 aromatic carbocycles. The number of aromatic nitrogens is 3. The van der Waals surface area contributed by atoms with Gasteiger partial charge in [0.2, 0.25) is 5.91 Å². The molecule has 1 atom stereocenters. The van der Waals surface area contributed by atoms with Crippen LogP contribution in [-0.4, -0.2) is 38.2 Å². The lowest BCUT2D eigenvalue weighted by Crippen LogP contribution is -2.40. The van der Waals surface area contributed by atoms with Crippen molar-refractivity contribution in [2.45, 2.75) is 51.5 Å². The van der Waals surface area contributed by atoms with Crippen LogP contribution in [0.2, 0.25) is 0 Å². The minimum absolute atomic E-state index is 0.0723. The Morgan fingerprint density at radius 3 is 2.86 bits per heavy atom. The number of nitrogens with zero attached hydrogens (tertiary/aromatic N) is 4. The average molecular weight is 306 g/mol. The van der Waals surface area contributed by atoms with E-state index in [9.17, 15) is 9.59 Å². The first-order valence-corrected chi connectivity index (χ1v) is 7.99. The lowest BCUT2D eigenvalue weighted by molar-refractivity contribution is -0.132. The topological polar surface area (TPSA) is 60.1 Å². The monoisotopic (exact) mass is 306 g/mol. The molecule has 6 heteroatoms. The van der Waals surface area contributed by atoms with Crippen molar-refractivity contribution in [3.8, 4) is 0 Å². The van der Waals surface area contributed by atoms with Crippen LogP contribution >= 0.6 is 0 Å². The highest BCUT2D eigenvalue weighted by Gasteiger charge is 2.29. The number of allylic oxidation sites excluding steroid dienone is 1. The summed E-state index contributed by atoms with van der Waals surface area (Å²) in [6.45, 7) is 9.09. The van der Waals surface area contributed by atoms with Crippen LogP contribution in [0.4, 0.5) is 0 Å². The number of aryl methyl sites for hydroxylation is 1. The van der Waals surface area contributed by atoms with Gasteiger partial charge in [-0.25, -0.2) is 9.48 Å². The smallest absolute Gasteiger partial charge is 0.342 e. The van der Waals surface area contributed by atoms with Crippen LogP contribution in [0.3, 0.4) is 0 Å². The van der Waals surface area contributed by atoms with Gasteiger partial charge in [-0.1, -0.05) is 6.08 Å². The second-order valence-electron chi connectivity index (χ2n) is 6.23. The molecular weight excluding hydrogens is 280 g/mol. The predicted molar refractivity (Wildman–Crippen MR) is 85.8 cm³/mol. The Labute approximate surface area is 131 Å². The van der Waals surface area contributed by atoms with Crippen molar-refractivity contribution < 1.29 is 4.79 Å². The van der Waals surface area contributed by atoms with E-state index in [4.69, 9.17) is 0 Å². The van der Waals surface area contributed by atoms with Crippen molar-refractivity contribution in [3.05, 3.63) is 29.0 Å². The van der Waals surface area contributed by atoms with Gasteiger partial charge in [-0.05, 0) is 33.1 Å². The van der Waals surface area contributed by atoms with Crippen LogP contribution in [-0.2, 0) is 11.8 Å². The van der Waals surface area contributed by atoms with Crippen LogP contribution in [0.15, 0.2) is 17.4 Å². The van der Waals surface area contributed by atoms with Gasteiger partial charge in [0.15, 0.2) is 0 Å². The maximum Gasteiger partial charge on any atom is 0.345 e. The molecule has 0 bridgehead atoms. The highest BCUT2D eigenvalue weighted by Crippen LogP contribution is 2.26. The van der Waals surface area contributed by atoms with Crippen molar-refractivity contribution >= 4 is 5.91 Å². The van der Waals surface area contributed by atoms with Crippen LogP contribution in [0.1, 0.15) is 57.3 Å². The average Bonchev–Trinajstić information content (AvgIpc) is 2.80. The Morgan fingerprint density at radius 2 is 2.23 bits per heavy atom. The van der Waals surface area contributed by atoms with Crippen LogP contribution in [0.5, 0.6) is 0 Å². The normalized spacial score (nSPS) is 18.7. The Bertz CT molecular complexity index is 600. The molecule has 122 valence electrons. The Hall–Kier alpha value is -1.85. The van der Waals surface area contributed by atoms with E-state index in [0.717, 1.165) is 25.2 Å². The highest BCUT2D eigenvalue weighted by molar-refractivity contribution is 5.76. The molecule has 1 saturated heterocycles. The fourth-order valence-electron chi connectivity index (χ4n) is 3.06. The first-order valence-electron chi connectivity index (χ1n) is 7.99. The van der Waals surface area contributed by atoms with E-state index >= 15 is 0 Å². The van der Waals surface area contributed by atoms with Crippen LogP contribution in [0.25, 0.3) is 0 Å². The summed E-state index contributed by atoms with van der Waals surface area (Å²) in [6, 6.07) is 0.0723. The molecule has 0 saturated carbocycles. The summed E-state index contributed by atoms with van der Waals surface area (Å²) in [5, 5.41) is 4.42. The largest absolute Gasteiger partial charge is 0.345 e. The molecule has 1 fully saturated rings. The summed E-state index contributed by atoms with van der Waals surface area (Å²) in [5.41, 5.74) is -0.0832. The molecule has 1 aromatic heterocycles. The molecule has 1 aliphatic heterocycles. The summed E-state index contributed by atoms with van der Waals surface area (Å²) >= 11 is 0. The third kappa shape index (κ3) is 3.31. The Morgan fingerprint density at radius 1 is 1.50 bits per heavy atom. The SMILES string of the molecule is C=CCCC(=O)N1CCCC(c2nn(C)c(=O)n2C(C)C)C1. The van der Waals surface area contributed by atoms with Gasteiger partial charge in [-0.3, -0.25) is 9.36 Å². The maximum absolute atomic E-state index is 12.2. The fraction of sp³-hybridized carbons (Fsp3) is 0.688. The van der Waals surface area contributed by atoms with E-state index in [1.54, 1.807) is 17.7 Å². The minimum Gasteiger partial charge on any atom is -0.342 e. The second-order valence-corrected chi connectivity index (χ2v) is 6.23. The summed E-state index contributed by atoms with van der Waals surface area (Å²) in [5.74, 6) is 1.11. The summed E-state index contributed by atoms with van der Waals surface area (Å²) < 4.78 is 3.15. The number of likely N-dealkylation sites (tertiary alicyclic amines) is 1. The van der Waals surface area contributed by atoms with E-state index < -0.39 is 0 Å². The van der Waals surface area contributed by atoms with Crippen molar-refractivity contribution in [2.24, 2.45) is 7.05 Å². The molecule has 0 aliphatic carbocycles. The van der Waals surface area contributed by atoms with Crippen molar-refractivity contribution in [2.75, 3.05) is 13.1 Å². The molecule has 0 N–H and O–H groups in total. The molecule has 0 spiro atoms. The maximum atomic E-state index is 12.2. The van der Waals surface area contributed by atoms with Gasteiger partial charge in [0.25, 0.3) is 0 Å². The van der Waals surface area contributed by atoms with Crippen molar-refractivity contribution in [1.82, 2.24) is 19.2 Å². The number of piperidine rings is 1. The molecule has 0 radical (unpaired) electrons. The molecule has 22 heavy (non-hydrogen) atoms. The third-order valence-corrected chi connectivity index (χ3v) is 4.20. The lowest BCUT2D eigenvalue weighted by atomic mass is 9.96. The zero-order valence-corrected chi connectivity index (χ0v) is 13.8. The van der Waals surface area contributed by atoms with Gasteiger partial charge >= 0.3 is 5.69 Å². The number of rotatable bonds is 5. The summed E-state index contributed by atoms with van der Waals surface area (Å²) in [6.07, 6.45) is 4.91.